The summed E-state index contributed by atoms with van der Waals surface area (Å²) >= 11 is 11.1. The minimum absolute atomic E-state index is 0.302. The van der Waals surface area contributed by atoms with Crippen molar-refractivity contribution in [1.29, 1.82) is 0 Å². The van der Waals surface area contributed by atoms with E-state index < -0.39 is 0 Å². The number of thiocarbonyl (C=S) groups is 1. The number of rotatable bonds is 2. The Morgan fingerprint density at radius 3 is 2.59 bits per heavy atom. The van der Waals surface area contributed by atoms with E-state index in [1.54, 1.807) is 24.3 Å². The first kappa shape index (κ1) is 12.0. The number of benzene rings is 2. The molecule has 0 heterocycles. The normalized spacial score (nSPS) is 10.0. The summed E-state index contributed by atoms with van der Waals surface area (Å²) in [5.74, 6) is -0.302. The predicted molar refractivity (Wildman–Crippen MR) is 73.2 cm³/mol. The second-order valence-electron chi connectivity index (χ2n) is 3.47. The van der Waals surface area contributed by atoms with E-state index >= 15 is 0 Å². The van der Waals surface area contributed by atoms with Crippen LogP contribution in [-0.4, -0.2) is 4.99 Å². The topological polar surface area (TPSA) is 12.0 Å². The van der Waals surface area contributed by atoms with E-state index in [-0.39, 0.29) is 5.82 Å². The molecule has 2 aromatic carbocycles. The molecule has 1 N–H and O–H groups in total. The fraction of sp³-hybridized carbons (Fsp3) is 0. The summed E-state index contributed by atoms with van der Waals surface area (Å²) in [6.07, 6.45) is 0. The molecule has 0 aromatic heterocycles. The zero-order valence-corrected chi connectivity index (χ0v) is 10.4. The van der Waals surface area contributed by atoms with Crippen LogP contribution in [0.3, 0.4) is 0 Å². The molecule has 0 aliphatic heterocycles. The lowest BCUT2D eigenvalue weighted by Crippen LogP contribution is -2.10. The van der Waals surface area contributed by atoms with Crippen molar-refractivity contribution < 1.29 is 4.39 Å². The summed E-state index contributed by atoms with van der Waals surface area (Å²) in [6.45, 7) is 0. The summed E-state index contributed by atoms with van der Waals surface area (Å²) in [4.78, 5) is 0.512. The van der Waals surface area contributed by atoms with Crippen molar-refractivity contribution in [1.82, 2.24) is 0 Å². The van der Waals surface area contributed by atoms with Crippen LogP contribution in [0.4, 0.5) is 10.1 Å². The van der Waals surface area contributed by atoms with Gasteiger partial charge in [0.2, 0.25) is 0 Å². The van der Waals surface area contributed by atoms with E-state index in [9.17, 15) is 4.39 Å². The lowest BCUT2D eigenvalue weighted by atomic mass is 10.2. The van der Waals surface area contributed by atoms with Crippen molar-refractivity contribution in [3.8, 4) is 0 Å². The van der Waals surface area contributed by atoms with Crippen LogP contribution in [-0.2, 0) is 0 Å². The van der Waals surface area contributed by atoms with Gasteiger partial charge in [0.15, 0.2) is 0 Å². The second kappa shape index (κ2) is 5.25. The van der Waals surface area contributed by atoms with Crippen LogP contribution >= 0.6 is 23.8 Å². The minimum Gasteiger partial charge on any atom is -0.346 e. The maximum atomic E-state index is 13.0. The molecular formula is C13H9ClFNS. The number of hydrogen-bond donors (Lipinski definition) is 1. The maximum absolute atomic E-state index is 13.0. The molecule has 0 atom stereocenters. The van der Waals surface area contributed by atoms with Gasteiger partial charge in [0.05, 0.1) is 0 Å². The molecule has 0 aliphatic rings. The Kier molecular flexibility index (Phi) is 3.71. The first-order chi connectivity index (χ1) is 8.15. The Morgan fingerprint density at radius 2 is 1.88 bits per heavy atom. The number of nitrogens with one attached hydrogen (secondary N) is 1. The Labute approximate surface area is 109 Å². The quantitative estimate of drug-likeness (QED) is 0.814. The van der Waals surface area contributed by atoms with E-state index in [0.29, 0.717) is 15.7 Å². The zero-order chi connectivity index (χ0) is 12.3. The fourth-order valence-corrected chi connectivity index (χ4v) is 1.83. The molecular weight excluding hydrogens is 257 g/mol. The molecule has 2 rings (SSSR count). The highest BCUT2D eigenvalue weighted by Gasteiger charge is 2.02. The molecule has 0 spiro atoms. The Bertz CT molecular complexity index is 557. The summed E-state index contributed by atoms with van der Waals surface area (Å²) < 4.78 is 13.0. The molecule has 0 amide bonds. The van der Waals surface area contributed by atoms with Crippen molar-refractivity contribution in [2.75, 3.05) is 5.32 Å². The standard InChI is InChI=1S/C13H9ClFNS/c14-10-4-1-3-9(7-10)13(17)16-12-6-2-5-11(15)8-12/h1-8H,(H,16,17). The molecule has 4 heteroatoms. The SMILES string of the molecule is Fc1cccc(NC(=S)c2cccc(Cl)c2)c1. The Balaban J connectivity index is 2.17. The fourth-order valence-electron chi connectivity index (χ4n) is 1.40. The van der Waals surface area contributed by atoms with Crippen LogP contribution in [0, 0.1) is 5.82 Å². The molecule has 0 saturated heterocycles. The molecule has 17 heavy (non-hydrogen) atoms. The predicted octanol–water partition coefficient (Wildman–Crippen LogP) is 4.27. The third kappa shape index (κ3) is 3.25. The van der Waals surface area contributed by atoms with E-state index in [4.69, 9.17) is 23.8 Å². The van der Waals surface area contributed by atoms with Gasteiger partial charge in [-0.2, -0.15) is 0 Å². The zero-order valence-electron chi connectivity index (χ0n) is 8.78. The Morgan fingerprint density at radius 1 is 1.12 bits per heavy atom. The average molecular weight is 266 g/mol. The number of halogens is 2. The first-order valence-corrected chi connectivity index (χ1v) is 5.76. The molecule has 0 radical (unpaired) electrons. The monoisotopic (exact) mass is 265 g/mol. The smallest absolute Gasteiger partial charge is 0.125 e. The van der Waals surface area contributed by atoms with E-state index in [0.717, 1.165) is 5.56 Å². The van der Waals surface area contributed by atoms with Crippen molar-refractivity contribution in [3.05, 3.63) is 64.9 Å². The van der Waals surface area contributed by atoms with Gasteiger partial charge < -0.3 is 5.32 Å². The van der Waals surface area contributed by atoms with Gasteiger partial charge in [0, 0.05) is 16.3 Å². The van der Waals surface area contributed by atoms with Crippen molar-refractivity contribution >= 4 is 34.5 Å². The molecule has 1 nitrogen and oxygen atoms in total. The minimum atomic E-state index is -0.302. The summed E-state index contributed by atoms with van der Waals surface area (Å²) in [5, 5.41) is 3.58. The van der Waals surface area contributed by atoms with Crippen LogP contribution in [0.2, 0.25) is 5.02 Å². The van der Waals surface area contributed by atoms with Crippen LogP contribution in [0.25, 0.3) is 0 Å². The largest absolute Gasteiger partial charge is 0.346 e. The lowest BCUT2D eigenvalue weighted by Gasteiger charge is -2.08. The third-order valence-electron chi connectivity index (χ3n) is 2.17. The van der Waals surface area contributed by atoms with Crippen molar-refractivity contribution in [2.24, 2.45) is 0 Å². The summed E-state index contributed by atoms with van der Waals surface area (Å²) in [6, 6.07) is 13.3. The van der Waals surface area contributed by atoms with Crippen LogP contribution < -0.4 is 5.32 Å². The molecule has 0 bridgehead atoms. The highest BCUT2D eigenvalue weighted by molar-refractivity contribution is 7.81. The van der Waals surface area contributed by atoms with Gasteiger partial charge in [-0.1, -0.05) is 42.0 Å². The van der Waals surface area contributed by atoms with E-state index in [2.05, 4.69) is 5.32 Å². The van der Waals surface area contributed by atoms with E-state index in [1.807, 2.05) is 12.1 Å². The molecule has 86 valence electrons. The Hall–Kier alpha value is -1.45. The first-order valence-electron chi connectivity index (χ1n) is 4.97. The maximum Gasteiger partial charge on any atom is 0.125 e. The number of anilines is 1. The van der Waals surface area contributed by atoms with Gasteiger partial charge in [0.1, 0.15) is 10.8 Å². The third-order valence-corrected chi connectivity index (χ3v) is 2.74. The van der Waals surface area contributed by atoms with Gasteiger partial charge in [-0.05, 0) is 30.3 Å². The molecule has 2 aromatic rings. The van der Waals surface area contributed by atoms with Gasteiger partial charge in [-0.3, -0.25) is 0 Å². The highest BCUT2D eigenvalue weighted by Crippen LogP contribution is 2.15. The van der Waals surface area contributed by atoms with Gasteiger partial charge in [-0.25, -0.2) is 4.39 Å². The summed E-state index contributed by atoms with van der Waals surface area (Å²) in [5.41, 5.74) is 1.42. The van der Waals surface area contributed by atoms with Crippen LogP contribution in [0.5, 0.6) is 0 Å². The van der Waals surface area contributed by atoms with Crippen molar-refractivity contribution in [3.63, 3.8) is 0 Å². The second-order valence-corrected chi connectivity index (χ2v) is 4.32. The van der Waals surface area contributed by atoms with E-state index in [1.165, 1.54) is 12.1 Å². The highest BCUT2D eigenvalue weighted by atomic mass is 35.5. The van der Waals surface area contributed by atoms with Gasteiger partial charge in [0.25, 0.3) is 0 Å². The van der Waals surface area contributed by atoms with Gasteiger partial charge in [-0.15, -0.1) is 0 Å². The molecule has 0 saturated carbocycles. The lowest BCUT2D eigenvalue weighted by molar-refractivity contribution is 0.628. The van der Waals surface area contributed by atoms with Gasteiger partial charge >= 0.3 is 0 Å². The van der Waals surface area contributed by atoms with Crippen LogP contribution in [0.15, 0.2) is 48.5 Å². The van der Waals surface area contributed by atoms with Crippen LogP contribution in [0.1, 0.15) is 5.56 Å². The average Bonchev–Trinajstić information content (AvgIpc) is 2.29. The van der Waals surface area contributed by atoms with Crippen molar-refractivity contribution in [2.45, 2.75) is 0 Å². The molecule has 0 aliphatic carbocycles. The number of hydrogen-bond acceptors (Lipinski definition) is 1. The molecule has 0 fully saturated rings. The summed E-state index contributed by atoms with van der Waals surface area (Å²) in [7, 11) is 0. The molecule has 0 unspecified atom stereocenters.